The van der Waals surface area contributed by atoms with Gasteiger partial charge in [0.1, 0.15) is 35.6 Å². The Kier molecular flexibility index (Phi) is 7.30. The predicted molar refractivity (Wildman–Crippen MR) is 148 cm³/mol. The van der Waals surface area contributed by atoms with Gasteiger partial charge in [-0.3, -0.25) is 14.4 Å². The average molecular weight is 596 g/mol. The summed E-state index contributed by atoms with van der Waals surface area (Å²) in [7, 11) is 1.34. The summed E-state index contributed by atoms with van der Waals surface area (Å²) in [4.78, 5) is 42.2. The van der Waals surface area contributed by atoms with Crippen LogP contribution in [0.2, 0.25) is 0 Å². The summed E-state index contributed by atoms with van der Waals surface area (Å²) in [5.74, 6) is -3.66. The Labute approximate surface area is 246 Å². The second-order valence-corrected chi connectivity index (χ2v) is 11.5. The largest absolute Gasteiger partial charge is 0.507 e. The molecule has 2 aliphatic carbocycles. The number of ether oxygens (including phenoxy) is 3. The molecule has 43 heavy (non-hydrogen) atoms. The quantitative estimate of drug-likeness (QED) is 0.258. The Hall–Kier alpha value is -3.81. The van der Waals surface area contributed by atoms with E-state index < -0.39 is 89.6 Å². The third kappa shape index (κ3) is 4.52. The molecule has 0 saturated carbocycles. The fraction of sp³-hybridized carbons (Fsp3) is 0.452. The zero-order chi connectivity index (χ0) is 30.8. The number of nitrogens with zero attached hydrogens (tertiary/aromatic N) is 1. The number of hydrogen-bond donors (Lipinski definition) is 5. The van der Waals surface area contributed by atoms with Crippen LogP contribution in [0.1, 0.15) is 75.3 Å². The van der Waals surface area contributed by atoms with E-state index in [-0.39, 0.29) is 40.5 Å². The molecule has 0 radical (unpaired) electrons. The van der Waals surface area contributed by atoms with Crippen LogP contribution in [-0.4, -0.2) is 98.2 Å². The third-order valence-corrected chi connectivity index (χ3v) is 9.01. The molecule has 6 rings (SSSR count). The molecule has 1 fully saturated rings. The highest BCUT2D eigenvalue weighted by molar-refractivity contribution is 6.31. The highest BCUT2D eigenvalue weighted by Crippen LogP contribution is 2.52. The molecule has 2 aromatic rings. The predicted octanol–water partition coefficient (Wildman–Crippen LogP) is 1.26. The molecule has 0 spiro atoms. The number of ketones is 3. The number of aliphatic hydroxyl groups excluding tert-OH is 2. The van der Waals surface area contributed by atoms with Crippen LogP contribution in [0.4, 0.5) is 0 Å². The van der Waals surface area contributed by atoms with Gasteiger partial charge < -0.3 is 44.6 Å². The molecule has 0 bridgehead atoms. The smallest absolute Gasteiger partial charge is 0.202 e. The Bertz CT molecular complexity index is 1550. The topological polar surface area (TPSA) is 183 Å². The standard InChI is InChI=1S/C31H33NO11/c1-14-26(35)17(32-8-3-4-9-32)10-21(42-14)43-19-12-31(40,20(34)13-33)11-16-23(19)30(39)25-24(28(16)37)27(36)15-6-5-7-18(41-2)22(15)29(25)38/h3,5-8,14,17,19,21,26,33,35,37,39-40H,4,9-13H2,1-2H3/t14?,17-,19+,21+,26-,31+/m1/s1. The van der Waals surface area contributed by atoms with E-state index in [2.05, 4.69) is 0 Å². The van der Waals surface area contributed by atoms with Gasteiger partial charge in [-0.2, -0.15) is 0 Å². The van der Waals surface area contributed by atoms with E-state index >= 15 is 0 Å². The first-order chi connectivity index (χ1) is 20.5. The van der Waals surface area contributed by atoms with Crippen molar-refractivity contribution in [3.8, 4) is 17.2 Å². The van der Waals surface area contributed by atoms with E-state index in [4.69, 9.17) is 14.2 Å². The molecular formula is C31H33NO11. The summed E-state index contributed by atoms with van der Waals surface area (Å²) in [5, 5.41) is 55.0. The van der Waals surface area contributed by atoms with Crippen molar-refractivity contribution in [1.29, 1.82) is 0 Å². The number of Topliss-reactive ketones (excluding diaryl/α,β-unsaturated/α-hetero) is 1. The SMILES string of the molecule is COc1cccc2c1C(=O)c1c(O)c3c(c(O)c1C2=O)C[C@@](O)(C(=O)CO)C[C@@H]3O[C@H]1C[C@@H](N2C=CCC2)[C@H](O)C(C)O1. The minimum absolute atomic E-state index is 0.0399. The lowest BCUT2D eigenvalue weighted by Crippen LogP contribution is -2.54. The van der Waals surface area contributed by atoms with E-state index in [1.165, 1.54) is 25.3 Å². The molecule has 1 saturated heterocycles. The normalized spacial score (nSPS) is 29.7. The molecule has 4 aliphatic rings. The molecule has 12 nitrogen and oxygen atoms in total. The van der Waals surface area contributed by atoms with Crippen molar-refractivity contribution in [2.75, 3.05) is 20.3 Å². The number of carbonyl (C=O) groups excluding carboxylic acids is 3. The molecule has 1 unspecified atom stereocenters. The van der Waals surface area contributed by atoms with Crippen LogP contribution in [0, 0.1) is 0 Å². The Morgan fingerprint density at radius 2 is 1.88 bits per heavy atom. The minimum atomic E-state index is -2.23. The van der Waals surface area contributed by atoms with Crippen LogP contribution < -0.4 is 4.74 Å². The molecule has 12 heteroatoms. The third-order valence-electron chi connectivity index (χ3n) is 9.01. The van der Waals surface area contributed by atoms with Gasteiger partial charge in [-0.05, 0) is 25.6 Å². The molecule has 2 aliphatic heterocycles. The fourth-order valence-electron chi connectivity index (χ4n) is 6.81. The average Bonchev–Trinajstić information content (AvgIpc) is 3.53. The molecule has 228 valence electrons. The van der Waals surface area contributed by atoms with Gasteiger partial charge in [-0.25, -0.2) is 0 Å². The maximum absolute atomic E-state index is 13.8. The molecule has 6 atom stereocenters. The van der Waals surface area contributed by atoms with Gasteiger partial charge in [0.2, 0.25) is 5.78 Å². The van der Waals surface area contributed by atoms with E-state index in [9.17, 15) is 39.9 Å². The van der Waals surface area contributed by atoms with Crippen molar-refractivity contribution < 1.29 is 54.1 Å². The van der Waals surface area contributed by atoms with Crippen LogP contribution in [0.25, 0.3) is 0 Å². The Balaban J connectivity index is 1.47. The maximum atomic E-state index is 13.8. The lowest BCUT2D eigenvalue weighted by atomic mass is 9.72. The van der Waals surface area contributed by atoms with Crippen molar-refractivity contribution in [2.24, 2.45) is 0 Å². The first-order valence-corrected chi connectivity index (χ1v) is 14.2. The van der Waals surface area contributed by atoms with E-state index in [1.807, 2.05) is 17.2 Å². The number of rotatable bonds is 6. The van der Waals surface area contributed by atoms with Gasteiger partial charge in [0.05, 0.1) is 42.0 Å². The highest BCUT2D eigenvalue weighted by atomic mass is 16.7. The molecule has 0 aromatic heterocycles. The number of aliphatic hydroxyl groups is 3. The van der Waals surface area contributed by atoms with Gasteiger partial charge in [0, 0.05) is 42.5 Å². The minimum Gasteiger partial charge on any atom is -0.507 e. The molecule has 2 aromatic carbocycles. The van der Waals surface area contributed by atoms with Crippen LogP contribution in [-0.2, 0) is 20.7 Å². The highest BCUT2D eigenvalue weighted by Gasteiger charge is 2.50. The summed E-state index contributed by atoms with van der Waals surface area (Å²) >= 11 is 0. The maximum Gasteiger partial charge on any atom is 0.202 e. The number of aromatic hydroxyl groups is 2. The van der Waals surface area contributed by atoms with Crippen LogP contribution in [0.3, 0.4) is 0 Å². The van der Waals surface area contributed by atoms with Gasteiger partial charge in [-0.15, -0.1) is 0 Å². The number of phenols is 2. The van der Waals surface area contributed by atoms with Gasteiger partial charge in [0.25, 0.3) is 0 Å². The number of fused-ring (bicyclic) bond motifs is 3. The Morgan fingerprint density at radius 3 is 2.56 bits per heavy atom. The first-order valence-electron chi connectivity index (χ1n) is 14.2. The fourth-order valence-corrected chi connectivity index (χ4v) is 6.81. The number of methoxy groups -OCH3 is 1. The number of benzene rings is 2. The number of hydrogen-bond acceptors (Lipinski definition) is 12. The van der Waals surface area contributed by atoms with Crippen LogP contribution >= 0.6 is 0 Å². The zero-order valence-electron chi connectivity index (χ0n) is 23.6. The van der Waals surface area contributed by atoms with Gasteiger partial charge in [-0.1, -0.05) is 18.2 Å². The Morgan fingerprint density at radius 1 is 1.14 bits per heavy atom. The van der Waals surface area contributed by atoms with Crippen molar-refractivity contribution in [3.63, 3.8) is 0 Å². The van der Waals surface area contributed by atoms with Crippen molar-refractivity contribution in [3.05, 3.63) is 63.9 Å². The van der Waals surface area contributed by atoms with Crippen LogP contribution in [0.5, 0.6) is 17.2 Å². The van der Waals surface area contributed by atoms with Gasteiger partial charge in [0.15, 0.2) is 17.9 Å². The second-order valence-electron chi connectivity index (χ2n) is 11.5. The van der Waals surface area contributed by atoms with Crippen molar-refractivity contribution in [1.82, 2.24) is 4.90 Å². The molecular weight excluding hydrogens is 562 g/mol. The van der Waals surface area contributed by atoms with E-state index in [1.54, 1.807) is 6.92 Å². The number of carbonyl (C=O) groups is 3. The second kappa shape index (κ2) is 10.7. The van der Waals surface area contributed by atoms with E-state index in [0.717, 1.165) is 6.42 Å². The van der Waals surface area contributed by atoms with Gasteiger partial charge >= 0.3 is 0 Å². The number of phenolic OH excluding ortho intramolecular Hbond substituents is 2. The molecule has 5 N–H and O–H groups in total. The molecule has 2 heterocycles. The van der Waals surface area contributed by atoms with Crippen molar-refractivity contribution >= 4 is 17.3 Å². The first kappa shape index (κ1) is 29.3. The summed E-state index contributed by atoms with van der Waals surface area (Å²) in [6, 6.07) is 4.04. The summed E-state index contributed by atoms with van der Waals surface area (Å²) in [6.45, 7) is 1.37. The molecule has 0 amide bonds. The lowest BCUT2D eigenvalue weighted by Gasteiger charge is -2.44. The van der Waals surface area contributed by atoms with Crippen LogP contribution in [0.15, 0.2) is 30.5 Å². The zero-order valence-corrected chi connectivity index (χ0v) is 23.6. The monoisotopic (exact) mass is 595 g/mol. The summed E-state index contributed by atoms with van der Waals surface area (Å²) in [5.41, 5.74) is -3.49. The van der Waals surface area contributed by atoms with Crippen molar-refractivity contribution in [2.45, 2.75) is 68.9 Å². The lowest BCUT2D eigenvalue weighted by molar-refractivity contribution is -0.256. The summed E-state index contributed by atoms with van der Waals surface area (Å²) < 4.78 is 17.5. The summed E-state index contributed by atoms with van der Waals surface area (Å²) in [6.07, 6.45) is 0.0782. The van der Waals surface area contributed by atoms with E-state index in [0.29, 0.717) is 6.54 Å².